The van der Waals surface area contributed by atoms with E-state index < -0.39 is 65.1 Å². The van der Waals surface area contributed by atoms with Gasteiger partial charge in [0.25, 0.3) is 11.8 Å². The van der Waals surface area contributed by atoms with E-state index in [-0.39, 0.29) is 38.0 Å². The minimum absolute atomic E-state index is 0.0220. The van der Waals surface area contributed by atoms with Gasteiger partial charge in [-0.05, 0) is 67.9 Å². The topological polar surface area (TPSA) is 228 Å². The molecule has 16 heteroatoms. The van der Waals surface area contributed by atoms with Crippen molar-refractivity contribution in [2.75, 3.05) is 12.0 Å². The number of halogens is 1. The van der Waals surface area contributed by atoms with Gasteiger partial charge >= 0.3 is 0 Å². The third-order valence-electron chi connectivity index (χ3n) is 8.54. The van der Waals surface area contributed by atoms with Crippen LogP contribution in [-0.4, -0.2) is 96.9 Å². The summed E-state index contributed by atoms with van der Waals surface area (Å²) in [5.41, 5.74) is 18.5. The van der Waals surface area contributed by atoms with Crippen molar-refractivity contribution >= 4 is 58.8 Å². The van der Waals surface area contributed by atoms with E-state index in [4.69, 9.17) is 28.8 Å². The van der Waals surface area contributed by atoms with Gasteiger partial charge in [-0.15, -0.1) is 0 Å². The van der Waals surface area contributed by atoms with Crippen LogP contribution in [0.4, 0.5) is 0 Å². The summed E-state index contributed by atoms with van der Waals surface area (Å²) >= 11 is 7.44. The number of aromatic amines is 1. The van der Waals surface area contributed by atoms with Crippen LogP contribution >= 0.6 is 23.4 Å². The van der Waals surface area contributed by atoms with Gasteiger partial charge in [0.05, 0.1) is 24.3 Å². The number of amides is 6. The Morgan fingerprint density at radius 2 is 1.57 bits per heavy atom. The van der Waals surface area contributed by atoms with Crippen molar-refractivity contribution in [2.24, 2.45) is 23.1 Å². The summed E-state index contributed by atoms with van der Waals surface area (Å²) in [6, 6.07) is 9.60. The van der Waals surface area contributed by atoms with Crippen molar-refractivity contribution in [3.63, 3.8) is 0 Å². The standard InChI is InChI=1S/C38H51ClN8O6S/c1-23(2)17-31(36(52)46(30(33(41)49)15-16-54-5)32(48)19-25-11-13-26(39)14-12-25)47(37(53)38(3,4)42)35(51)29(18-24-9-7-6-8-10-24)45-34(50)28(40)20-27-21-43-22-44-27/h6-14,21-23,28-31H,15-20,40,42H2,1-5H3,(H2,41,49)(H,43,44)(H,45,50)/t28-,29-,30-,31-/m0/s1. The Morgan fingerprint density at radius 3 is 2.11 bits per heavy atom. The monoisotopic (exact) mass is 782 g/mol. The fourth-order valence-corrected chi connectivity index (χ4v) is 6.38. The highest BCUT2D eigenvalue weighted by Gasteiger charge is 2.47. The zero-order valence-corrected chi connectivity index (χ0v) is 32.9. The van der Waals surface area contributed by atoms with Gasteiger partial charge in [-0.3, -0.25) is 38.6 Å². The second kappa shape index (κ2) is 20.2. The van der Waals surface area contributed by atoms with Gasteiger partial charge < -0.3 is 27.5 Å². The number of primary amides is 1. The Bertz CT molecular complexity index is 1730. The molecule has 0 aliphatic rings. The number of nitrogens with two attached hydrogens (primary N) is 3. The smallest absolute Gasteiger partial charge is 0.253 e. The molecule has 54 heavy (non-hydrogen) atoms. The molecule has 6 amide bonds. The fraction of sp³-hybridized carbons (Fsp3) is 0.447. The number of aromatic nitrogens is 2. The molecule has 0 saturated carbocycles. The van der Waals surface area contributed by atoms with Gasteiger partial charge in [0.1, 0.15) is 18.1 Å². The molecule has 8 N–H and O–H groups in total. The largest absolute Gasteiger partial charge is 0.368 e. The van der Waals surface area contributed by atoms with Crippen LogP contribution in [0.5, 0.6) is 0 Å². The molecule has 1 heterocycles. The van der Waals surface area contributed by atoms with E-state index in [1.807, 2.05) is 0 Å². The second-order valence-corrected chi connectivity index (χ2v) is 15.5. The Balaban J connectivity index is 2.18. The summed E-state index contributed by atoms with van der Waals surface area (Å²) in [4.78, 5) is 93.5. The lowest BCUT2D eigenvalue weighted by molar-refractivity contribution is -0.164. The van der Waals surface area contributed by atoms with E-state index in [1.54, 1.807) is 74.7 Å². The highest BCUT2D eigenvalue weighted by molar-refractivity contribution is 7.98. The van der Waals surface area contributed by atoms with Gasteiger partial charge in [-0.1, -0.05) is 67.9 Å². The van der Waals surface area contributed by atoms with Crippen molar-refractivity contribution in [1.29, 1.82) is 0 Å². The Kier molecular flexibility index (Phi) is 16.4. The molecule has 0 spiro atoms. The van der Waals surface area contributed by atoms with Crippen LogP contribution in [0.3, 0.4) is 0 Å². The maximum atomic E-state index is 15.0. The number of H-pyrrole nitrogens is 1. The predicted molar refractivity (Wildman–Crippen MR) is 209 cm³/mol. The van der Waals surface area contributed by atoms with Crippen LogP contribution < -0.4 is 22.5 Å². The van der Waals surface area contributed by atoms with E-state index in [9.17, 15) is 24.0 Å². The molecule has 0 aliphatic carbocycles. The number of imidazole rings is 1. The van der Waals surface area contributed by atoms with E-state index >= 15 is 4.79 Å². The molecule has 1 aromatic heterocycles. The third-order valence-corrected chi connectivity index (χ3v) is 9.43. The molecular weight excluding hydrogens is 732 g/mol. The Morgan fingerprint density at radius 1 is 0.926 bits per heavy atom. The number of thioether (sulfide) groups is 1. The fourth-order valence-electron chi connectivity index (χ4n) is 5.79. The first kappa shape index (κ1) is 43.8. The number of hydrogen-bond acceptors (Lipinski definition) is 10. The zero-order chi connectivity index (χ0) is 40.2. The maximum Gasteiger partial charge on any atom is 0.253 e. The van der Waals surface area contributed by atoms with Crippen molar-refractivity contribution in [1.82, 2.24) is 25.1 Å². The molecule has 2 aromatic carbocycles. The lowest BCUT2D eigenvalue weighted by atomic mass is 9.94. The van der Waals surface area contributed by atoms with Crippen LogP contribution in [0, 0.1) is 5.92 Å². The van der Waals surface area contributed by atoms with Crippen LogP contribution in [0.25, 0.3) is 0 Å². The summed E-state index contributed by atoms with van der Waals surface area (Å²) in [6.07, 6.45) is 4.34. The first-order chi connectivity index (χ1) is 25.4. The van der Waals surface area contributed by atoms with Crippen molar-refractivity contribution in [3.05, 3.63) is 89.0 Å². The van der Waals surface area contributed by atoms with E-state index in [0.717, 1.165) is 9.80 Å². The predicted octanol–water partition coefficient (Wildman–Crippen LogP) is 2.37. The van der Waals surface area contributed by atoms with E-state index in [1.165, 1.54) is 38.1 Å². The van der Waals surface area contributed by atoms with Crippen LogP contribution in [0.15, 0.2) is 67.1 Å². The molecular formula is C38H51ClN8O6S. The number of hydrogen-bond donors (Lipinski definition) is 5. The summed E-state index contributed by atoms with van der Waals surface area (Å²) in [5, 5.41) is 3.14. The first-order valence-electron chi connectivity index (χ1n) is 17.6. The van der Waals surface area contributed by atoms with Crippen LogP contribution in [-0.2, 0) is 48.0 Å². The molecule has 0 aliphatic heterocycles. The highest BCUT2D eigenvalue weighted by atomic mass is 35.5. The Hall–Kier alpha value is -4.57. The normalized spacial score (nSPS) is 13.7. The number of rotatable bonds is 19. The van der Waals surface area contributed by atoms with E-state index in [0.29, 0.717) is 27.6 Å². The average Bonchev–Trinajstić information content (AvgIpc) is 3.62. The second-order valence-electron chi connectivity index (χ2n) is 14.1. The van der Waals surface area contributed by atoms with Crippen molar-refractivity contribution < 1.29 is 28.8 Å². The molecule has 3 aromatic rings. The SMILES string of the molecule is CSCC[C@@H](C(N)=O)N(C(=O)Cc1ccc(Cl)cc1)C(=O)[C@H](CC(C)C)N(C(=O)[C@H](Cc1ccccc1)NC(=O)[C@@H](N)Cc1cnc[nH]1)C(=O)C(C)(C)N. The molecule has 292 valence electrons. The van der Waals surface area contributed by atoms with Crippen LogP contribution in [0.1, 0.15) is 57.4 Å². The first-order valence-corrected chi connectivity index (χ1v) is 19.3. The number of benzene rings is 2. The minimum atomic E-state index is -1.70. The summed E-state index contributed by atoms with van der Waals surface area (Å²) < 4.78 is 0. The molecule has 3 rings (SSSR count). The third kappa shape index (κ3) is 12.5. The lowest BCUT2D eigenvalue weighted by Crippen LogP contribution is -2.66. The van der Waals surface area contributed by atoms with Crippen molar-refractivity contribution in [3.8, 4) is 0 Å². The molecule has 0 saturated heterocycles. The number of carbonyl (C=O) groups is 6. The van der Waals surface area contributed by atoms with Gasteiger partial charge in [-0.25, -0.2) is 4.98 Å². The average molecular weight is 783 g/mol. The number of nitrogens with one attached hydrogen (secondary N) is 2. The van der Waals surface area contributed by atoms with Crippen LogP contribution in [0.2, 0.25) is 5.02 Å². The highest BCUT2D eigenvalue weighted by Crippen LogP contribution is 2.24. The molecule has 4 atom stereocenters. The molecule has 0 fully saturated rings. The number of carbonyl (C=O) groups excluding carboxylic acids is 6. The van der Waals surface area contributed by atoms with Gasteiger partial charge in [0, 0.05) is 29.8 Å². The molecule has 0 unspecified atom stereocenters. The number of imide groups is 2. The Labute approximate surface area is 325 Å². The summed E-state index contributed by atoms with van der Waals surface area (Å²) in [7, 11) is 0. The van der Waals surface area contributed by atoms with Crippen molar-refractivity contribution in [2.45, 2.75) is 89.5 Å². The molecule has 14 nitrogen and oxygen atoms in total. The lowest BCUT2D eigenvalue weighted by Gasteiger charge is -2.39. The zero-order valence-electron chi connectivity index (χ0n) is 31.3. The van der Waals surface area contributed by atoms with E-state index in [2.05, 4.69) is 15.3 Å². The molecule has 0 bridgehead atoms. The summed E-state index contributed by atoms with van der Waals surface area (Å²) in [6.45, 7) is 6.31. The quantitative estimate of drug-likeness (QED) is 0.119. The summed E-state index contributed by atoms with van der Waals surface area (Å²) in [5.74, 6) is -5.24. The van der Waals surface area contributed by atoms with Gasteiger partial charge in [-0.2, -0.15) is 11.8 Å². The maximum absolute atomic E-state index is 15.0. The van der Waals surface area contributed by atoms with Gasteiger partial charge in [0.15, 0.2) is 0 Å². The number of nitrogens with zero attached hydrogens (tertiary/aromatic N) is 3. The van der Waals surface area contributed by atoms with Gasteiger partial charge in [0.2, 0.25) is 23.6 Å². The molecule has 0 radical (unpaired) electrons. The minimum Gasteiger partial charge on any atom is -0.368 e.